The van der Waals surface area contributed by atoms with E-state index in [1.165, 1.54) is 17.0 Å². The molecule has 2 aliphatic rings. The standard InChI is InChI=1S/C27H32FN3O6/c1-27(2,3)37-26(35)31-11-10-21(17-31)36-23-9-6-19(16-22(23)18-4-7-20(28)8-5-18)24(32)29-12-14-30(15-13-29)25(33)34/h4-9,16,21H,10-15,17H2,1-3H3,(H,33,34)/t21-/m0/s1. The number of nitrogens with zero attached hydrogens (tertiary/aromatic N) is 3. The lowest BCUT2D eigenvalue weighted by Gasteiger charge is -2.33. The number of piperazine rings is 1. The maximum absolute atomic E-state index is 13.6. The molecule has 2 aliphatic heterocycles. The topological polar surface area (TPSA) is 99.6 Å². The lowest BCUT2D eigenvalue weighted by molar-refractivity contribution is 0.0275. The molecule has 0 radical (unpaired) electrons. The van der Waals surface area contributed by atoms with Crippen molar-refractivity contribution in [1.82, 2.24) is 14.7 Å². The van der Waals surface area contributed by atoms with Crippen LogP contribution < -0.4 is 4.74 Å². The Balaban J connectivity index is 1.53. The van der Waals surface area contributed by atoms with E-state index in [0.717, 1.165) is 0 Å². The van der Waals surface area contributed by atoms with Crippen LogP contribution in [0.2, 0.25) is 0 Å². The first-order valence-electron chi connectivity index (χ1n) is 12.3. The molecule has 2 aromatic rings. The summed E-state index contributed by atoms with van der Waals surface area (Å²) in [5.74, 6) is -0.0645. The molecule has 0 spiro atoms. The molecule has 9 nitrogen and oxygen atoms in total. The van der Waals surface area contributed by atoms with Crippen LogP contribution in [-0.4, -0.2) is 88.9 Å². The van der Waals surface area contributed by atoms with E-state index in [-0.39, 0.29) is 37.0 Å². The third-order valence-corrected chi connectivity index (χ3v) is 6.31. The first-order valence-corrected chi connectivity index (χ1v) is 12.3. The summed E-state index contributed by atoms with van der Waals surface area (Å²) in [6, 6.07) is 11.1. The number of likely N-dealkylation sites (tertiary alicyclic amines) is 1. The van der Waals surface area contributed by atoms with Gasteiger partial charge in [-0.25, -0.2) is 14.0 Å². The lowest BCUT2D eigenvalue weighted by Crippen LogP contribution is -2.50. The lowest BCUT2D eigenvalue weighted by atomic mass is 10.0. The molecule has 1 N–H and O–H groups in total. The van der Waals surface area contributed by atoms with E-state index in [2.05, 4.69) is 0 Å². The van der Waals surface area contributed by atoms with Crippen molar-refractivity contribution in [2.24, 2.45) is 0 Å². The minimum Gasteiger partial charge on any atom is -0.488 e. The Morgan fingerprint density at radius 1 is 0.919 bits per heavy atom. The normalized spacial score (nSPS) is 18.1. The number of halogens is 1. The van der Waals surface area contributed by atoms with Gasteiger partial charge in [-0.3, -0.25) is 4.79 Å². The summed E-state index contributed by atoms with van der Waals surface area (Å²) in [5.41, 5.74) is 1.15. The highest BCUT2D eigenvalue weighted by atomic mass is 19.1. The monoisotopic (exact) mass is 513 g/mol. The molecule has 2 aromatic carbocycles. The van der Waals surface area contributed by atoms with Crippen molar-refractivity contribution in [1.29, 1.82) is 0 Å². The highest BCUT2D eigenvalue weighted by Gasteiger charge is 2.32. The van der Waals surface area contributed by atoms with Crippen LogP contribution >= 0.6 is 0 Å². The van der Waals surface area contributed by atoms with Gasteiger partial charge >= 0.3 is 12.2 Å². The molecule has 0 aliphatic carbocycles. The van der Waals surface area contributed by atoms with E-state index in [9.17, 15) is 18.8 Å². The van der Waals surface area contributed by atoms with E-state index in [1.54, 1.807) is 40.1 Å². The molecule has 2 fully saturated rings. The first kappa shape index (κ1) is 26.2. The van der Waals surface area contributed by atoms with Crippen molar-refractivity contribution in [3.8, 4) is 16.9 Å². The van der Waals surface area contributed by atoms with Crippen molar-refractivity contribution in [2.45, 2.75) is 38.9 Å². The average molecular weight is 514 g/mol. The van der Waals surface area contributed by atoms with Crippen LogP contribution in [0.15, 0.2) is 42.5 Å². The van der Waals surface area contributed by atoms with Gasteiger partial charge in [0, 0.05) is 50.3 Å². The summed E-state index contributed by atoms with van der Waals surface area (Å²) in [5, 5.41) is 9.16. The Morgan fingerprint density at radius 2 is 1.57 bits per heavy atom. The fourth-order valence-electron chi connectivity index (χ4n) is 4.40. The summed E-state index contributed by atoms with van der Waals surface area (Å²) in [7, 11) is 0. The molecular formula is C27H32FN3O6. The smallest absolute Gasteiger partial charge is 0.410 e. The maximum atomic E-state index is 13.6. The average Bonchev–Trinajstić information content (AvgIpc) is 3.32. The summed E-state index contributed by atoms with van der Waals surface area (Å²) >= 11 is 0. The van der Waals surface area contributed by atoms with Crippen LogP contribution in [0.5, 0.6) is 5.75 Å². The van der Waals surface area contributed by atoms with Gasteiger partial charge in [0.2, 0.25) is 0 Å². The molecule has 1 atom stereocenters. The summed E-state index contributed by atoms with van der Waals surface area (Å²) in [6.07, 6.45) is -1.03. The fraction of sp³-hybridized carbons (Fsp3) is 0.444. The number of rotatable bonds is 4. The van der Waals surface area contributed by atoms with Gasteiger partial charge in [0.25, 0.3) is 5.91 Å². The number of amides is 3. The second-order valence-electron chi connectivity index (χ2n) is 10.2. The zero-order chi connectivity index (χ0) is 26.7. The molecule has 198 valence electrons. The Labute approximate surface area is 215 Å². The van der Waals surface area contributed by atoms with Crippen LogP contribution in [-0.2, 0) is 4.74 Å². The number of ether oxygens (including phenoxy) is 2. The zero-order valence-electron chi connectivity index (χ0n) is 21.3. The number of carbonyl (C=O) groups is 3. The van der Waals surface area contributed by atoms with Crippen LogP contribution in [0.3, 0.4) is 0 Å². The summed E-state index contributed by atoms with van der Waals surface area (Å²) in [4.78, 5) is 41.3. The van der Waals surface area contributed by atoms with Crippen molar-refractivity contribution < 1.29 is 33.4 Å². The third kappa shape index (κ3) is 6.49. The molecule has 0 saturated carbocycles. The second-order valence-corrected chi connectivity index (χ2v) is 10.2. The van der Waals surface area contributed by atoms with E-state index in [0.29, 0.717) is 55.0 Å². The molecule has 4 rings (SSSR count). The third-order valence-electron chi connectivity index (χ3n) is 6.31. The molecule has 0 bridgehead atoms. The largest absolute Gasteiger partial charge is 0.488 e. The van der Waals surface area contributed by atoms with Gasteiger partial charge in [0.15, 0.2) is 0 Å². The van der Waals surface area contributed by atoms with E-state index >= 15 is 0 Å². The second kappa shape index (κ2) is 10.7. The molecule has 37 heavy (non-hydrogen) atoms. The van der Waals surface area contributed by atoms with E-state index < -0.39 is 11.7 Å². The zero-order valence-corrected chi connectivity index (χ0v) is 21.3. The Kier molecular flexibility index (Phi) is 7.56. The highest BCUT2D eigenvalue weighted by molar-refractivity contribution is 5.96. The van der Waals surface area contributed by atoms with Gasteiger partial charge in [0.1, 0.15) is 23.3 Å². The van der Waals surface area contributed by atoms with Crippen LogP contribution in [0.1, 0.15) is 37.6 Å². The quantitative estimate of drug-likeness (QED) is 0.654. The minimum atomic E-state index is -0.996. The molecule has 2 heterocycles. The predicted molar refractivity (Wildman–Crippen MR) is 134 cm³/mol. The van der Waals surface area contributed by atoms with Crippen LogP contribution in [0.4, 0.5) is 14.0 Å². The Bertz CT molecular complexity index is 1160. The molecule has 2 saturated heterocycles. The number of hydrogen-bond acceptors (Lipinski definition) is 5. The molecule has 0 unspecified atom stereocenters. The highest BCUT2D eigenvalue weighted by Crippen LogP contribution is 2.34. The number of hydrogen-bond donors (Lipinski definition) is 1. The Hall–Kier alpha value is -3.82. The number of carboxylic acid groups (broad SMARTS) is 1. The van der Waals surface area contributed by atoms with Gasteiger partial charge in [-0.2, -0.15) is 0 Å². The predicted octanol–water partition coefficient (Wildman–Crippen LogP) is 4.32. The van der Waals surface area contributed by atoms with Gasteiger partial charge in [0.05, 0.1) is 6.54 Å². The van der Waals surface area contributed by atoms with E-state index in [1.807, 2.05) is 20.8 Å². The first-order chi connectivity index (χ1) is 17.5. The minimum absolute atomic E-state index is 0.211. The van der Waals surface area contributed by atoms with Crippen molar-refractivity contribution in [2.75, 3.05) is 39.3 Å². The summed E-state index contributed by atoms with van der Waals surface area (Å²) < 4.78 is 25.4. The fourth-order valence-corrected chi connectivity index (χ4v) is 4.40. The Morgan fingerprint density at radius 3 is 2.19 bits per heavy atom. The van der Waals surface area contributed by atoms with Gasteiger partial charge in [-0.15, -0.1) is 0 Å². The van der Waals surface area contributed by atoms with Crippen molar-refractivity contribution >= 4 is 18.1 Å². The van der Waals surface area contributed by atoms with E-state index in [4.69, 9.17) is 14.6 Å². The van der Waals surface area contributed by atoms with Crippen LogP contribution in [0, 0.1) is 5.82 Å². The molecule has 0 aromatic heterocycles. The van der Waals surface area contributed by atoms with Gasteiger partial charge in [-0.1, -0.05) is 12.1 Å². The molecular weight excluding hydrogens is 481 g/mol. The summed E-state index contributed by atoms with van der Waals surface area (Å²) in [6.45, 7) is 7.44. The van der Waals surface area contributed by atoms with Crippen LogP contribution in [0.25, 0.3) is 11.1 Å². The SMILES string of the molecule is CC(C)(C)OC(=O)N1CC[C@H](Oc2ccc(C(=O)N3CCN(C(=O)O)CC3)cc2-c2ccc(F)cc2)C1. The van der Waals surface area contributed by atoms with Crippen molar-refractivity contribution in [3.05, 3.63) is 53.8 Å². The molecule has 3 amide bonds. The molecule has 10 heteroatoms. The number of carbonyl (C=O) groups excluding carboxylic acids is 2. The maximum Gasteiger partial charge on any atom is 0.410 e. The van der Waals surface area contributed by atoms with Gasteiger partial charge < -0.3 is 29.3 Å². The van der Waals surface area contributed by atoms with Crippen molar-refractivity contribution in [3.63, 3.8) is 0 Å². The van der Waals surface area contributed by atoms with Gasteiger partial charge in [-0.05, 0) is 56.7 Å². The number of benzene rings is 2.